The fraction of sp³-hybridized carbons (Fsp3) is 0.118. The van der Waals surface area contributed by atoms with Crippen molar-refractivity contribution in [2.75, 3.05) is 0 Å². The lowest BCUT2D eigenvalue weighted by molar-refractivity contribution is 0.393. The molecule has 4 rings (SSSR count). The first-order chi connectivity index (χ1) is 11.3. The van der Waals surface area contributed by atoms with Gasteiger partial charge in [0.15, 0.2) is 0 Å². The van der Waals surface area contributed by atoms with E-state index in [1.54, 1.807) is 29.4 Å². The van der Waals surface area contributed by atoms with Gasteiger partial charge in [-0.05, 0) is 12.5 Å². The molecular formula is C17H13N3OS2. The lowest BCUT2D eigenvalue weighted by Gasteiger charge is -2.04. The topological polar surface area (TPSA) is 51.8 Å². The van der Waals surface area contributed by atoms with E-state index < -0.39 is 0 Å². The number of thioether (sulfide) groups is 1. The van der Waals surface area contributed by atoms with Crippen LogP contribution in [0.4, 0.5) is 0 Å². The highest BCUT2D eigenvalue weighted by Crippen LogP contribution is 2.38. The molecule has 4 nitrogen and oxygen atoms in total. The van der Waals surface area contributed by atoms with Crippen molar-refractivity contribution in [2.45, 2.75) is 17.7 Å². The van der Waals surface area contributed by atoms with Gasteiger partial charge in [-0.15, -0.1) is 11.3 Å². The van der Waals surface area contributed by atoms with E-state index in [1.165, 1.54) is 11.1 Å². The van der Waals surface area contributed by atoms with Crippen molar-refractivity contribution < 1.29 is 4.52 Å². The average Bonchev–Trinajstić information content (AvgIpc) is 3.20. The van der Waals surface area contributed by atoms with Gasteiger partial charge < -0.3 is 4.52 Å². The Morgan fingerprint density at radius 2 is 2.04 bits per heavy atom. The fourth-order valence-corrected chi connectivity index (χ4v) is 4.29. The van der Waals surface area contributed by atoms with E-state index in [4.69, 9.17) is 4.52 Å². The van der Waals surface area contributed by atoms with Gasteiger partial charge in [-0.1, -0.05) is 47.3 Å². The summed E-state index contributed by atoms with van der Waals surface area (Å²) >= 11 is 3.31. The predicted molar refractivity (Wildman–Crippen MR) is 93.7 cm³/mol. The second-order valence-electron chi connectivity index (χ2n) is 5.09. The van der Waals surface area contributed by atoms with Gasteiger partial charge in [0.25, 0.3) is 0 Å². The van der Waals surface area contributed by atoms with Gasteiger partial charge >= 0.3 is 0 Å². The van der Waals surface area contributed by atoms with Crippen LogP contribution in [-0.4, -0.2) is 15.1 Å². The molecule has 0 bridgehead atoms. The first kappa shape index (κ1) is 14.4. The van der Waals surface area contributed by atoms with E-state index in [0.29, 0.717) is 0 Å². The van der Waals surface area contributed by atoms with Gasteiger partial charge in [0.05, 0.1) is 11.1 Å². The van der Waals surface area contributed by atoms with Crippen molar-refractivity contribution >= 4 is 33.3 Å². The number of rotatable bonds is 4. The third kappa shape index (κ3) is 2.87. The lowest BCUT2D eigenvalue weighted by atomic mass is 10.1. The molecule has 4 aromatic rings. The smallest absolute Gasteiger partial charge is 0.133 e. The van der Waals surface area contributed by atoms with Crippen LogP contribution >= 0.6 is 23.1 Å². The van der Waals surface area contributed by atoms with Crippen LogP contribution in [0.5, 0.6) is 0 Å². The van der Waals surface area contributed by atoms with Crippen LogP contribution in [0.2, 0.25) is 0 Å². The van der Waals surface area contributed by atoms with Gasteiger partial charge in [0.1, 0.15) is 21.9 Å². The molecular weight excluding hydrogens is 326 g/mol. The summed E-state index contributed by atoms with van der Waals surface area (Å²) in [5.41, 5.74) is 3.30. The molecule has 3 heterocycles. The molecule has 6 heteroatoms. The molecule has 0 N–H and O–H groups in total. The van der Waals surface area contributed by atoms with Crippen LogP contribution in [0, 0.1) is 6.92 Å². The molecule has 0 aliphatic heterocycles. The highest BCUT2D eigenvalue weighted by molar-refractivity contribution is 7.98. The zero-order valence-corrected chi connectivity index (χ0v) is 14.0. The van der Waals surface area contributed by atoms with Gasteiger partial charge in [-0.2, -0.15) is 0 Å². The van der Waals surface area contributed by atoms with Crippen molar-refractivity contribution in [1.29, 1.82) is 0 Å². The summed E-state index contributed by atoms with van der Waals surface area (Å²) < 4.78 is 5.12. The van der Waals surface area contributed by atoms with Gasteiger partial charge in [0, 0.05) is 22.8 Å². The average molecular weight is 339 g/mol. The SMILES string of the molecule is Cc1cc(CSc2ncnc3scc(-c4ccccc4)c23)no1. The van der Waals surface area contributed by atoms with Crippen LogP contribution in [0.15, 0.2) is 57.7 Å². The molecule has 0 amide bonds. The van der Waals surface area contributed by atoms with Crippen molar-refractivity contribution in [1.82, 2.24) is 15.1 Å². The molecule has 0 aliphatic rings. The first-order valence-electron chi connectivity index (χ1n) is 7.14. The standard InChI is InChI=1S/C17H13N3OS2/c1-11-7-13(20-21-11)8-22-16-15-14(12-5-3-2-4-6-12)9-23-17(15)19-10-18-16/h2-7,9-10H,8H2,1H3. The molecule has 0 saturated carbocycles. The van der Waals surface area contributed by atoms with Crippen LogP contribution in [0.25, 0.3) is 21.3 Å². The highest BCUT2D eigenvalue weighted by atomic mass is 32.2. The summed E-state index contributed by atoms with van der Waals surface area (Å²) in [6.45, 7) is 1.90. The number of aryl methyl sites for hydroxylation is 1. The summed E-state index contributed by atoms with van der Waals surface area (Å²) in [7, 11) is 0. The van der Waals surface area contributed by atoms with Crippen molar-refractivity contribution in [2.24, 2.45) is 0 Å². The van der Waals surface area contributed by atoms with Crippen LogP contribution < -0.4 is 0 Å². The second-order valence-corrected chi connectivity index (χ2v) is 6.91. The maximum Gasteiger partial charge on any atom is 0.133 e. The molecule has 114 valence electrons. The predicted octanol–water partition coefficient (Wildman–Crippen LogP) is 4.95. The number of benzene rings is 1. The number of hydrogen-bond donors (Lipinski definition) is 0. The quantitative estimate of drug-likeness (QED) is 0.389. The maximum absolute atomic E-state index is 5.12. The fourth-order valence-electron chi connectivity index (χ4n) is 2.42. The van der Waals surface area contributed by atoms with Crippen molar-refractivity contribution in [3.05, 3.63) is 59.6 Å². The number of thiophene rings is 1. The molecule has 0 radical (unpaired) electrons. The minimum Gasteiger partial charge on any atom is -0.361 e. The number of fused-ring (bicyclic) bond motifs is 1. The van der Waals surface area contributed by atoms with Gasteiger partial charge in [0.2, 0.25) is 0 Å². The van der Waals surface area contributed by atoms with E-state index in [2.05, 4.69) is 32.6 Å². The summed E-state index contributed by atoms with van der Waals surface area (Å²) in [5, 5.41) is 8.30. The highest BCUT2D eigenvalue weighted by Gasteiger charge is 2.14. The largest absolute Gasteiger partial charge is 0.361 e. The molecule has 0 spiro atoms. The van der Waals surface area contributed by atoms with Gasteiger partial charge in [-0.3, -0.25) is 0 Å². The Morgan fingerprint density at radius 3 is 2.83 bits per heavy atom. The number of hydrogen-bond acceptors (Lipinski definition) is 6. The van der Waals surface area contributed by atoms with E-state index in [9.17, 15) is 0 Å². The Bertz CT molecular complexity index is 947. The molecule has 3 aromatic heterocycles. The number of aromatic nitrogens is 3. The van der Waals surface area contributed by atoms with Crippen molar-refractivity contribution in [3.8, 4) is 11.1 Å². The third-order valence-corrected chi connectivity index (χ3v) is 5.36. The zero-order chi connectivity index (χ0) is 15.6. The Morgan fingerprint density at radius 1 is 1.17 bits per heavy atom. The summed E-state index contributed by atoms with van der Waals surface area (Å²) in [5.74, 6) is 1.56. The monoisotopic (exact) mass is 339 g/mol. The molecule has 0 atom stereocenters. The van der Waals surface area contributed by atoms with Gasteiger partial charge in [-0.25, -0.2) is 9.97 Å². The molecule has 0 saturated heterocycles. The Balaban J connectivity index is 1.73. The number of nitrogens with zero attached hydrogens (tertiary/aromatic N) is 3. The Labute approximate surface area is 141 Å². The molecule has 0 fully saturated rings. The Kier molecular flexibility index (Phi) is 3.85. The molecule has 0 unspecified atom stereocenters. The van der Waals surface area contributed by atoms with E-state index in [0.717, 1.165) is 32.4 Å². The maximum atomic E-state index is 5.12. The molecule has 23 heavy (non-hydrogen) atoms. The summed E-state index contributed by atoms with van der Waals surface area (Å²) in [6.07, 6.45) is 1.63. The first-order valence-corrected chi connectivity index (χ1v) is 9.00. The minimum atomic E-state index is 0.730. The molecule has 1 aromatic carbocycles. The van der Waals surface area contributed by atoms with Crippen LogP contribution in [0.1, 0.15) is 11.5 Å². The Hall–Kier alpha value is -2.18. The third-order valence-electron chi connectivity index (χ3n) is 3.45. The lowest BCUT2D eigenvalue weighted by Crippen LogP contribution is -1.87. The zero-order valence-electron chi connectivity index (χ0n) is 12.4. The van der Waals surface area contributed by atoms with E-state index in [-0.39, 0.29) is 0 Å². The normalized spacial score (nSPS) is 11.2. The van der Waals surface area contributed by atoms with E-state index >= 15 is 0 Å². The van der Waals surface area contributed by atoms with E-state index in [1.807, 2.05) is 31.2 Å². The summed E-state index contributed by atoms with van der Waals surface area (Å²) in [4.78, 5) is 9.91. The van der Waals surface area contributed by atoms with Crippen LogP contribution in [-0.2, 0) is 5.75 Å². The van der Waals surface area contributed by atoms with Crippen molar-refractivity contribution in [3.63, 3.8) is 0 Å². The second kappa shape index (κ2) is 6.14. The molecule has 0 aliphatic carbocycles. The minimum absolute atomic E-state index is 0.730. The summed E-state index contributed by atoms with van der Waals surface area (Å²) in [6, 6.07) is 12.3. The van der Waals surface area contributed by atoms with Crippen LogP contribution in [0.3, 0.4) is 0 Å².